The summed E-state index contributed by atoms with van der Waals surface area (Å²) in [6.45, 7) is 9.64. The second-order valence-corrected chi connectivity index (χ2v) is 9.69. The number of fused-ring (bicyclic) bond motifs is 2. The van der Waals surface area contributed by atoms with E-state index in [1.54, 1.807) is 0 Å². The van der Waals surface area contributed by atoms with Crippen LogP contribution in [0.4, 0.5) is 4.79 Å². The van der Waals surface area contributed by atoms with Crippen molar-refractivity contribution in [2.24, 2.45) is 5.92 Å². The number of nitrogens with zero attached hydrogens (tertiary/aromatic N) is 3. The molecule has 2 bridgehead atoms. The van der Waals surface area contributed by atoms with Crippen LogP contribution < -0.4 is 0 Å². The number of carbonyl (C=O) groups excluding carboxylic acids is 2. The summed E-state index contributed by atoms with van der Waals surface area (Å²) < 4.78 is 7.48. The van der Waals surface area contributed by atoms with Crippen LogP contribution in [0.25, 0.3) is 5.69 Å². The van der Waals surface area contributed by atoms with Crippen molar-refractivity contribution in [2.75, 3.05) is 0 Å². The van der Waals surface area contributed by atoms with Crippen molar-refractivity contribution >= 4 is 11.9 Å². The highest BCUT2D eigenvalue weighted by Gasteiger charge is 2.46. The van der Waals surface area contributed by atoms with E-state index in [1.165, 1.54) is 0 Å². The Kier molecular flexibility index (Phi) is 5.20. The number of hydrogen-bond donors (Lipinski definition) is 0. The van der Waals surface area contributed by atoms with Gasteiger partial charge in [-0.2, -0.15) is 5.10 Å². The summed E-state index contributed by atoms with van der Waals surface area (Å²) in [4.78, 5) is 27.9. The number of piperidine rings is 1. The van der Waals surface area contributed by atoms with E-state index in [0.717, 1.165) is 35.5 Å². The van der Waals surface area contributed by atoms with Gasteiger partial charge in [0.15, 0.2) is 5.78 Å². The van der Waals surface area contributed by atoms with Crippen molar-refractivity contribution < 1.29 is 14.3 Å². The number of Topliss-reactive ketones (excluding diaryl/α,β-unsaturated/α-hetero) is 1. The van der Waals surface area contributed by atoms with Gasteiger partial charge in [-0.25, -0.2) is 9.48 Å². The Morgan fingerprint density at radius 2 is 1.73 bits per heavy atom. The van der Waals surface area contributed by atoms with Crippen LogP contribution in [-0.4, -0.2) is 44.2 Å². The van der Waals surface area contributed by atoms with Crippen LogP contribution in [0.1, 0.15) is 68.2 Å². The number of hydrogen-bond acceptors (Lipinski definition) is 4. The first-order chi connectivity index (χ1) is 14.1. The monoisotopic (exact) mass is 409 g/mol. The molecule has 2 aromatic rings. The zero-order valence-electron chi connectivity index (χ0n) is 18.5. The fourth-order valence-electron chi connectivity index (χ4n) is 4.92. The van der Waals surface area contributed by atoms with Crippen LogP contribution in [0, 0.1) is 19.8 Å². The zero-order chi connectivity index (χ0) is 21.6. The minimum Gasteiger partial charge on any atom is -0.444 e. The molecule has 0 spiro atoms. The normalized spacial score (nSPS) is 23.5. The van der Waals surface area contributed by atoms with Crippen molar-refractivity contribution in [1.29, 1.82) is 0 Å². The number of carbonyl (C=O) groups is 2. The molecule has 0 aliphatic carbocycles. The molecule has 160 valence electrons. The number of aromatic nitrogens is 2. The van der Waals surface area contributed by atoms with Crippen molar-refractivity contribution in [3.63, 3.8) is 0 Å². The largest absolute Gasteiger partial charge is 0.444 e. The maximum atomic E-state index is 13.3. The van der Waals surface area contributed by atoms with E-state index in [9.17, 15) is 9.59 Å². The van der Waals surface area contributed by atoms with Crippen molar-refractivity contribution in [2.45, 2.75) is 78.0 Å². The Morgan fingerprint density at radius 1 is 1.07 bits per heavy atom. The average molecular weight is 410 g/mol. The van der Waals surface area contributed by atoms with Crippen molar-refractivity contribution in [1.82, 2.24) is 14.7 Å². The van der Waals surface area contributed by atoms with Crippen LogP contribution in [0.5, 0.6) is 0 Å². The van der Waals surface area contributed by atoms with E-state index in [-0.39, 0.29) is 29.9 Å². The number of rotatable bonds is 3. The molecule has 1 aromatic carbocycles. The highest BCUT2D eigenvalue weighted by molar-refractivity contribution is 5.98. The molecule has 3 heterocycles. The second-order valence-electron chi connectivity index (χ2n) is 9.69. The lowest BCUT2D eigenvalue weighted by atomic mass is 9.85. The molecule has 4 rings (SSSR count). The first-order valence-electron chi connectivity index (χ1n) is 10.8. The van der Waals surface area contributed by atoms with E-state index in [0.29, 0.717) is 12.8 Å². The van der Waals surface area contributed by atoms with Gasteiger partial charge in [0, 0.05) is 29.3 Å². The van der Waals surface area contributed by atoms with Gasteiger partial charge in [0.2, 0.25) is 0 Å². The summed E-state index contributed by atoms with van der Waals surface area (Å²) in [5.74, 6) is 0.107. The van der Waals surface area contributed by atoms with Crippen LogP contribution in [0.15, 0.2) is 30.3 Å². The van der Waals surface area contributed by atoms with Gasteiger partial charge in [-0.1, -0.05) is 12.1 Å². The van der Waals surface area contributed by atoms with E-state index in [1.807, 2.05) is 74.5 Å². The molecular weight excluding hydrogens is 378 g/mol. The van der Waals surface area contributed by atoms with Crippen LogP contribution >= 0.6 is 0 Å². The number of ketones is 1. The third-order valence-electron chi connectivity index (χ3n) is 6.09. The van der Waals surface area contributed by atoms with Gasteiger partial charge in [-0.15, -0.1) is 0 Å². The first-order valence-corrected chi connectivity index (χ1v) is 10.8. The van der Waals surface area contributed by atoms with Crippen LogP contribution in [0.3, 0.4) is 0 Å². The van der Waals surface area contributed by atoms with E-state index >= 15 is 0 Å². The molecule has 0 saturated carbocycles. The van der Waals surface area contributed by atoms with E-state index in [4.69, 9.17) is 4.74 Å². The molecular formula is C24H31N3O3. The van der Waals surface area contributed by atoms with Gasteiger partial charge in [0.05, 0.1) is 11.4 Å². The Hall–Kier alpha value is -2.63. The summed E-state index contributed by atoms with van der Waals surface area (Å²) in [6.07, 6.45) is 3.06. The summed E-state index contributed by atoms with van der Waals surface area (Å²) in [7, 11) is 0. The van der Waals surface area contributed by atoms with E-state index in [2.05, 4.69) is 5.10 Å². The third kappa shape index (κ3) is 4.00. The highest BCUT2D eigenvalue weighted by Crippen LogP contribution is 2.40. The van der Waals surface area contributed by atoms with Crippen molar-refractivity contribution in [3.05, 3.63) is 47.3 Å². The fourth-order valence-corrected chi connectivity index (χ4v) is 4.92. The standard InChI is InChI=1S/C24H31N3O3/c1-15-11-16(2)27(25-15)21-8-6-7-17(12-21)22(28)18-13-19-9-10-20(14-18)26(19)23(29)30-24(3,4)5/h6-8,11-12,18-20H,9-10,13-14H2,1-5H3. The Labute approximate surface area is 178 Å². The third-order valence-corrected chi connectivity index (χ3v) is 6.09. The molecule has 1 aromatic heterocycles. The lowest BCUT2D eigenvalue weighted by molar-refractivity contribution is 0.00254. The zero-order valence-corrected chi connectivity index (χ0v) is 18.5. The molecule has 1 amide bonds. The lowest BCUT2D eigenvalue weighted by Crippen LogP contribution is -2.49. The Balaban J connectivity index is 1.50. The van der Waals surface area contributed by atoms with Crippen LogP contribution in [0.2, 0.25) is 0 Å². The molecule has 2 atom stereocenters. The quantitative estimate of drug-likeness (QED) is 0.680. The number of ether oxygens (including phenoxy) is 1. The molecule has 6 heteroatoms. The SMILES string of the molecule is Cc1cc(C)n(-c2cccc(C(=O)C3CC4CCC(C3)N4C(=O)OC(C)(C)C)c2)n1. The summed E-state index contributed by atoms with van der Waals surface area (Å²) in [5, 5.41) is 4.53. The molecule has 2 aliphatic heterocycles. The number of amides is 1. The first kappa shape index (κ1) is 20.6. The smallest absolute Gasteiger partial charge is 0.410 e. The Bertz CT molecular complexity index is 958. The summed E-state index contributed by atoms with van der Waals surface area (Å²) >= 11 is 0. The minimum absolute atomic E-state index is 0.0584. The molecule has 2 aliphatic rings. The second kappa shape index (κ2) is 7.56. The number of benzene rings is 1. The van der Waals surface area contributed by atoms with E-state index < -0.39 is 5.60 Å². The lowest BCUT2D eigenvalue weighted by Gasteiger charge is -2.39. The van der Waals surface area contributed by atoms with Gasteiger partial charge < -0.3 is 9.64 Å². The van der Waals surface area contributed by atoms with Crippen LogP contribution in [-0.2, 0) is 4.74 Å². The molecule has 2 unspecified atom stereocenters. The van der Waals surface area contributed by atoms with Gasteiger partial charge in [0.25, 0.3) is 0 Å². The predicted octanol–water partition coefficient (Wildman–Crippen LogP) is 4.85. The topological polar surface area (TPSA) is 64.4 Å². The van der Waals surface area contributed by atoms with Gasteiger partial charge in [-0.3, -0.25) is 4.79 Å². The minimum atomic E-state index is -0.507. The summed E-state index contributed by atoms with van der Waals surface area (Å²) in [6, 6.07) is 9.93. The Morgan fingerprint density at radius 3 is 2.30 bits per heavy atom. The number of aryl methyl sites for hydroxylation is 2. The molecule has 2 saturated heterocycles. The van der Waals surface area contributed by atoms with Gasteiger partial charge >= 0.3 is 6.09 Å². The maximum absolute atomic E-state index is 13.3. The maximum Gasteiger partial charge on any atom is 0.410 e. The molecule has 6 nitrogen and oxygen atoms in total. The van der Waals surface area contributed by atoms with Gasteiger partial charge in [-0.05, 0) is 78.5 Å². The molecule has 0 N–H and O–H groups in total. The van der Waals surface area contributed by atoms with Crippen molar-refractivity contribution in [3.8, 4) is 5.69 Å². The molecule has 0 radical (unpaired) electrons. The summed E-state index contributed by atoms with van der Waals surface area (Å²) in [5.41, 5.74) is 3.11. The molecule has 30 heavy (non-hydrogen) atoms. The highest BCUT2D eigenvalue weighted by atomic mass is 16.6. The molecule has 2 fully saturated rings. The fraction of sp³-hybridized carbons (Fsp3) is 0.542. The van der Waals surface area contributed by atoms with Gasteiger partial charge in [0.1, 0.15) is 5.60 Å². The predicted molar refractivity (Wildman–Crippen MR) is 115 cm³/mol. The average Bonchev–Trinajstić information content (AvgIpc) is 3.14.